The SMILES string of the molecule is C=CC(C)(C)Oc1ccc(S(=O)OCCCCCC)cc1. The van der Waals surface area contributed by atoms with Gasteiger partial charge < -0.3 is 4.74 Å². The second-order valence-corrected chi connectivity index (χ2v) is 6.67. The second kappa shape index (κ2) is 9.00. The lowest BCUT2D eigenvalue weighted by molar-refractivity contribution is 0.162. The average molecular weight is 310 g/mol. The lowest BCUT2D eigenvalue weighted by Gasteiger charge is -2.22. The Bertz CT molecular complexity index is 452. The fraction of sp³-hybridized carbons (Fsp3) is 0.529. The van der Waals surface area contributed by atoms with Crippen molar-refractivity contribution in [2.45, 2.75) is 57.0 Å². The second-order valence-electron chi connectivity index (χ2n) is 5.50. The highest BCUT2D eigenvalue weighted by molar-refractivity contribution is 7.80. The van der Waals surface area contributed by atoms with Gasteiger partial charge in [0, 0.05) is 0 Å². The molecule has 1 atom stereocenters. The Morgan fingerprint density at radius 2 is 1.86 bits per heavy atom. The van der Waals surface area contributed by atoms with Crippen LogP contribution in [-0.4, -0.2) is 16.4 Å². The van der Waals surface area contributed by atoms with Crippen LogP contribution < -0.4 is 4.74 Å². The van der Waals surface area contributed by atoms with Gasteiger partial charge in [-0.3, -0.25) is 4.18 Å². The van der Waals surface area contributed by atoms with Crippen LogP contribution in [0.4, 0.5) is 0 Å². The molecule has 1 unspecified atom stereocenters. The van der Waals surface area contributed by atoms with Crippen molar-refractivity contribution in [1.29, 1.82) is 0 Å². The first-order valence-electron chi connectivity index (χ1n) is 7.46. The summed E-state index contributed by atoms with van der Waals surface area (Å²) in [6, 6.07) is 7.16. The Labute approximate surface area is 131 Å². The van der Waals surface area contributed by atoms with Crippen LogP contribution in [0.1, 0.15) is 46.5 Å². The Hall–Kier alpha value is -1.13. The van der Waals surface area contributed by atoms with E-state index in [4.69, 9.17) is 8.92 Å². The summed E-state index contributed by atoms with van der Waals surface area (Å²) in [4.78, 5) is 0.661. The average Bonchev–Trinajstić information content (AvgIpc) is 2.47. The Morgan fingerprint density at radius 1 is 1.19 bits per heavy atom. The fourth-order valence-electron chi connectivity index (χ4n) is 1.70. The molecule has 0 aliphatic carbocycles. The summed E-state index contributed by atoms with van der Waals surface area (Å²) >= 11 is -1.40. The zero-order valence-electron chi connectivity index (χ0n) is 13.3. The summed E-state index contributed by atoms with van der Waals surface area (Å²) in [6.07, 6.45) is 6.20. The van der Waals surface area contributed by atoms with Crippen LogP contribution in [0.2, 0.25) is 0 Å². The van der Waals surface area contributed by atoms with Gasteiger partial charge in [-0.25, -0.2) is 4.21 Å². The van der Waals surface area contributed by atoms with E-state index in [-0.39, 0.29) is 0 Å². The van der Waals surface area contributed by atoms with E-state index in [1.54, 1.807) is 30.3 Å². The maximum Gasteiger partial charge on any atom is 0.189 e. The minimum atomic E-state index is -1.40. The van der Waals surface area contributed by atoms with E-state index < -0.39 is 16.7 Å². The van der Waals surface area contributed by atoms with Crippen molar-refractivity contribution < 1.29 is 13.1 Å². The van der Waals surface area contributed by atoms with Crippen molar-refractivity contribution in [3.05, 3.63) is 36.9 Å². The number of unbranched alkanes of at least 4 members (excludes halogenated alkanes) is 3. The van der Waals surface area contributed by atoms with E-state index in [1.807, 2.05) is 13.8 Å². The molecule has 1 rings (SSSR count). The third-order valence-electron chi connectivity index (χ3n) is 3.08. The van der Waals surface area contributed by atoms with Crippen LogP contribution in [0, 0.1) is 0 Å². The first-order valence-corrected chi connectivity index (χ1v) is 8.53. The van der Waals surface area contributed by atoms with Gasteiger partial charge in [-0.05, 0) is 50.6 Å². The van der Waals surface area contributed by atoms with Gasteiger partial charge >= 0.3 is 0 Å². The summed E-state index contributed by atoms with van der Waals surface area (Å²) in [5.41, 5.74) is -0.420. The molecule has 0 aliphatic rings. The summed E-state index contributed by atoms with van der Waals surface area (Å²) in [5, 5.41) is 0. The van der Waals surface area contributed by atoms with Gasteiger partial charge in [-0.2, -0.15) is 0 Å². The molecule has 4 heteroatoms. The van der Waals surface area contributed by atoms with Crippen LogP contribution in [0.25, 0.3) is 0 Å². The van der Waals surface area contributed by atoms with Gasteiger partial charge in [0.1, 0.15) is 11.4 Å². The van der Waals surface area contributed by atoms with E-state index in [2.05, 4.69) is 13.5 Å². The fourth-order valence-corrected chi connectivity index (χ4v) is 2.46. The molecule has 0 N–H and O–H groups in total. The predicted molar refractivity (Wildman–Crippen MR) is 87.8 cm³/mol. The van der Waals surface area contributed by atoms with E-state index in [0.29, 0.717) is 11.5 Å². The van der Waals surface area contributed by atoms with Crippen LogP contribution in [0.15, 0.2) is 41.8 Å². The van der Waals surface area contributed by atoms with Crippen molar-refractivity contribution in [3.8, 4) is 5.75 Å². The molecule has 3 nitrogen and oxygen atoms in total. The minimum absolute atomic E-state index is 0.420. The van der Waals surface area contributed by atoms with Crippen LogP contribution in [0.3, 0.4) is 0 Å². The van der Waals surface area contributed by atoms with Gasteiger partial charge in [0.05, 0.1) is 11.5 Å². The molecule has 1 aromatic rings. The third kappa shape index (κ3) is 6.91. The Morgan fingerprint density at radius 3 is 2.43 bits per heavy atom. The molecule has 0 amide bonds. The molecule has 118 valence electrons. The molecule has 1 aromatic carbocycles. The molecular formula is C17H26O3S. The summed E-state index contributed by atoms with van der Waals surface area (Å²) in [5.74, 6) is 0.726. The number of hydrogen-bond donors (Lipinski definition) is 0. The van der Waals surface area contributed by atoms with Gasteiger partial charge in [0.2, 0.25) is 0 Å². The monoisotopic (exact) mass is 310 g/mol. The molecule has 0 aliphatic heterocycles. The molecule has 0 radical (unpaired) electrons. The highest BCUT2D eigenvalue weighted by Crippen LogP contribution is 2.21. The lowest BCUT2D eigenvalue weighted by Crippen LogP contribution is -2.24. The quantitative estimate of drug-likeness (QED) is 0.466. The number of hydrogen-bond acceptors (Lipinski definition) is 3. The van der Waals surface area contributed by atoms with E-state index >= 15 is 0 Å². The minimum Gasteiger partial charge on any atom is -0.484 e. The highest BCUT2D eigenvalue weighted by Gasteiger charge is 2.14. The summed E-state index contributed by atoms with van der Waals surface area (Å²) < 4.78 is 23.1. The zero-order chi connectivity index (χ0) is 15.7. The number of ether oxygens (including phenoxy) is 1. The Kier molecular flexibility index (Phi) is 7.68. The first kappa shape index (κ1) is 17.9. The van der Waals surface area contributed by atoms with Gasteiger partial charge in [-0.1, -0.05) is 32.8 Å². The van der Waals surface area contributed by atoms with Crippen molar-refractivity contribution in [2.24, 2.45) is 0 Å². The molecule has 0 saturated heterocycles. The Balaban J connectivity index is 2.46. The van der Waals surface area contributed by atoms with Crippen LogP contribution >= 0.6 is 0 Å². The molecule has 0 aromatic heterocycles. The largest absolute Gasteiger partial charge is 0.484 e. The standard InChI is InChI=1S/C17H26O3S/c1-5-7-8-9-14-19-21(18)16-12-10-15(11-13-16)20-17(3,4)6-2/h6,10-13H,2,5,7-9,14H2,1,3-4H3. The van der Waals surface area contributed by atoms with Crippen LogP contribution in [0.5, 0.6) is 5.75 Å². The topological polar surface area (TPSA) is 35.5 Å². The zero-order valence-corrected chi connectivity index (χ0v) is 14.1. The number of benzene rings is 1. The first-order chi connectivity index (χ1) is 9.98. The highest BCUT2D eigenvalue weighted by atomic mass is 32.2. The molecule has 0 spiro atoms. The van der Waals surface area contributed by atoms with E-state index in [0.717, 1.165) is 18.6 Å². The van der Waals surface area contributed by atoms with E-state index in [1.165, 1.54) is 12.8 Å². The van der Waals surface area contributed by atoms with Gasteiger partial charge in [0.25, 0.3) is 0 Å². The molecule has 0 saturated carbocycles. The third-order valence-corrected chi connectivity index (χ3v) is 4.11. The maximum atomic E-state index is 12.0. The summed E-state index contributed by atoms with van der Waals surface area (Å²) in [7, 11) is 0. The normalized spacial score (nSPS) is 12.9. The van der Waals surface area contributed by atoms with Crippen molar-refractivity contribution in [3.63, 3.8) is 0 Å². The van der Waals surface area contributed by atoms with Crippen molar-refractivity contribution in [1.82, 2.24) is 0 Å². The summed E-state index contributed by atoms with van der Waals surface area (Å²) in [6.45, 7) is 10.3. The molecular weight excluding hydrogens is 284 g/mol. The van der Waals surface area contributed by atoms with Crippen molar-refractivity contribution in [2.75, 3.05) is 6.61 Å². The number of rotatable bonds is 10. The molecule has 0 heterocycles. The van der Waals surface area contributed by atoms with Gasteiger partial charge in [0.15, 0.2) is 11.1 Å². The lowest BCUT2D eigenvalue weighted by atomic mass is 10.1. The molecule has 0 bridgehead atoms. The van der Waals surface area contributed by atoms with E-state index in [9.17, 15) is 4.21 Å². The van der Waals surface area contributed by atoms with Crippen LogP contribution in [-0.2, 0) is 15.3 Å². The predicted octanol–water partition coefficient (Wildman–Crippen LogP) is 4.65. The molecule has 21 heavy (non-hydrogen) atoms. The van der Waals surface area contributed by atoms with Gasteiger partial charge in [-0.15, -0.1) is 0 Å². The molecule has 0 fully saturated rings. The smallest absolute Gasteiger partial charge is 0.189 e. The van der Waals surface area contributed by atoms with Crippen molar-refractivity contribution >= 4 is 11.1 Å². The maximum absolute atomic E-state index is 12.0.